The minimum atomic E-state index is -3.04. The van der Waals surface area contributed by atoms with Gasteiger partial charge in [0.1, 0.15) is 23.1 Å². The molecule has 0 unspecified atom stereocenters. The van der Waals surface area contributed by atoms with Gasteiger partial charge < -0.3 is 4.74 Å². The number of hydrogen-bond acceptors (Lipinski definition) is 3. The fourth-order valence-corrected chi connectivity index (χ4v) is 2.17. The summed E-state index contributed by atoms with van der Waals surface area (Å²) in [5, 5.41) is 3.64. The summed E-state index contributed by atoms with van der Waals surface area (Å²) >= 11 is 3.08. The molecular weight excluding hydrogens is 343 g/mol. The van der Waals surface area contributed by atoms with Crippen LogP contribution in [0.2, 0.25) is 0 Å². The van der Waals surface area contributed by atoms with E-state index in [1.54, 1.807) is 0 Å². The zero-order chi connectivity index (χ0) is 15.0. The first-order chi connectivity index (χ1) is 9.36. The number of halogens is 4. The highest BCUT2D eigenvalue weighted by Crippen LogP contribution is 2.29. The van der Waals surface area contributed by atoms with E-state index in [0.717, 1.165) is 6.07 Å². The van der Waals surface area contributed by atoms with E-state index in [9.17, 15) is 18.0 Å². The maximum absolute atomic E-state index is 13.9. The van der Waals surface area contributed by atoms with Gasteiger partial charge in [-0.05, 0) is 28.9 Å². The summed E-state index contributed by atoms with van der Waals surface area (Å²) in [5.74, 6) is -0.762. The van der Waals surface area contributed by atoms with Gasteiger partial charge in [-0.15, -0.1) is 5.10 Å². The molecule has 0 aliphatic carbocycles. The fraction of sp³-hybridized carbons (Fsp3) is 0.273. The van der Waals surface area contributed by atoms with Crippen molar-refractivity contribution in [1.82, 2.24) is 14.3 Å². The number of hydrogen-bond donors (Lipinski definition) is 0. The normalized spacial score (nSPS) is 11.2. The Bertz CT molecular complexity index is 712. The van der Waals surface area contributed by atoms with Crippen molar-refractivity contribution in [3.8, 4) is 11.4 Å². The van der Waals surface area contributed by atoms with Crippen molar-refractivity contribution >= 4 is 15.9 Å². The van der Waals surface area contributed by atoms with Gasteiger partial charge in [0.2, 0.25) is 0 Å². The van der Waals surface area contributed by atoms with E-state index in [0.29, 0.717) is 9.15 Å². The molecule has 0 atom stereocenters. The maximum atomic E-state index is 13.9. The quantitative estimate of drug-likeness (QED) is 0.854. The number of rotatable bonds is 3. The lowest BCUT2D eigenvalue weighted by molar-refractivity contribution is 0.0640. The van der Waals surface area contributed by atoms with E-state index in [2.05, 4.69) is 21.0 Å². The van der Waals surface area contributed by atoms with Crippen molar-refractivity contribution in [1.29, 1.82) is 0 Å². The van der Waals surface area contributed by atoms with Gasteiger partial charge in [-0.2, -0.15) is 13.5 Å². The molecule has 5 nitrogen and oxygen atoms in total. The molecule has 0 bridgehead atoms. The van der Waals surface area contributed by atoms with Crippen LogP contribution in [0.25, 0.3) is 5.69 Å². The van der Waals surface area contributed by atoms with Crippen LogP contribution in [0.1, 0.15) is 12.4 Å². The molecule has 0 N–H and O–H groups in total. The molecule has 9 heteroatoms. The molecular formula is C11H9BrF3N3O2. The smallest absolute Gasteiger partial charge is 0.355 e. The highest BCUT2D eigenvalue weighted by Gasteiger charge is 2.21. The largest absolute Gasteiger partial charge is 0.495 e. The van der Waals surface area contributed by atoms with Crippen molar-refractivity contribution in [2.24, 2.45) is 0 Å². The van der Waals surface area contributed by atoms with E-state index in [4.69, 9.17) is 4.74 Å². The second-order valence-corrected chi connectivity index (χ2v) is 4.68. The molecule has 0 amide bonds. The monoisotopic (exact) mass is 351 g/mol. The maximum Gasteiger partial charge on any atom is 0.355 e. The van der Waals surface area contributed by atoms with E-state index < -0.39 is 18.1 Å². The predicted octanol–water partition coefficient (Wildman–Crippen LogP) is 2.65. The van der Waals surface area contributed by atoms with E-state index in [-0.39, 0.29) is 21.8 Å². The summed E-state index contributed by atoms with van der Waals surface area (Å²) in [6, 6.07) is 2.26. The standard InChI is InChI=1S/C11H9BrF3N3O2/c1-5-16-18(11(19)17(5)10(14)15)8-4-9(20-2)6(12)3-7(8)13/h3-4,10H,1-2H3. The number of alkyl halides is 2. The third kappa shape index (κ3) is 2.33. The summed E-state index contributed by atoms with van der Waals surface area (Å²) in [4.78, 5) is 11.8. The van der Waals surface area contributed by atoms with E-state index >= 15 is 0 Å². The first-order valence-corrected chi connectivity index (χ1v) is 6.15. The molecule has 0 radical (unpaired) electrons. The second kappa shape index (κ2) is 5.31. The number of ether oxygens (including phenoxy) is 1. The topological polar surface area (TPSA) is 49.0 Å². The average molecular weight is 352 g/mol. The molecule has 0 saturated heterocycles. The van der Waals surface area contributed by atoms with Crippen LogP contribution in [0.3, 0.4) is 0 Å². The predicted molar refractivity (Wildman–Crippen MR) is 68.0 cm³/mol. The van der Waals surface area contributed by atoms with Crippen molar-refractivity contribution in [3.63, 3.8) is 0 Å². The Hall–Kier alpha value is -1.77. The molecule has 0 aliphatic rings. The van der Waals surface area contributed by atoms with Gasteiger partial charge in [-0.3, -0.25) is 0 Å². The molecule has 108 valence electrons. The molecule has 2 rings (SSSR count). The van der Waals surface area contributed by atoms with Crippen LogP contribution in [0.15, 0.2) is 21.4 Å². The molecule has 1 heterocycles. The molecule has 0 fully saturated rings. The number of methoxy groups -OCH3 is 1. The average Bonchev–Trinajstić information content (AvgIpc) is 2.65. The fourth-order valence-electron chi connectivity index (χ4n) is 1.69. The first kappa shape index (κ1) is 14.6. The second-order valence-electron chi connectivity index (χ2n) is 3.83. The number of nitrogens with zero attached hydrogens (tertiary/aromatic N) is 3. The summed E-state index contributed by atoms with van der Waals surface area (Å²) in [5.41, 5.74) is -1.39. The van der Waals surface area contributed by atoms with Crippen molar-refractivity contribution in [2.45, 2.75) is 13.5 Å². The molecule has 0 saturated carbocycles. The molecule has 1 aromatic carbocycles. The molecule has 2 aromatic rings. The highest BCUT2D eigenvalue weighted by molar-refractivity contribution is 9.10. The number of benzene rings is 1. The van der Waals surface area contributed by atoms with Crippen molar-refractivity contribution < 1.29 is 17.9 Å². The minimum absolute atomic E-state index is 0.175. The van der Waals surface area contributed by atoms with Crippen LogP contribution >= 0.6 is 15.9 Å². The Labute approximate surface area is 119 Å². The van der Waals surface area contributed by atoms with Gasteiger partial charge in [0.05, 0.1) is 11.6 Å². The lowest BCUT2D eigenvalue weighted by Crippen LogP contribution is -2.25. The molecule has 0 spiro atoms. The highest BCUT2D eigenvalue weighted by atomic mass is 79.9. The van der Waals surface area contributed by atoms with Gasteiger partial charge in [-0.1, -0.05) is 0 Å². The van der Waals surface area contributed by atoms with Crippen LogP contribution in [-0.4, -0.2) is 21.5 Å². The summed E-state index contributed by atoms with van der Waals surface area (Å²) in [7, 11) is 1.35. The van der Waals surface area contributed by atoms with E-state index in [1.165, 1.54) is 20.1 Å². The Morgan fingerprint density at radius 1 is 1.40 bits per heavy atom. The molecule has 1 aromatic heterocycles. The minimum Gasteiger partial charge on any atom is -0.495 e. The Kier molecular flexibility index (Phi) is 3.89. The number of aromatic nitrogens is 3. The third-order valence-electron chi connectivity index (χ3n) is 2.63. The van der Waals surface area contributed by atoms with Crippen molar-refractivity contribution in [3.05, 3.63) is 38.7 Å². The zero-order valence-corrected chi connectivity index (χ0v) is 12.0. The van der Waals surface area contributed by atoms with E-state index in [1.807, 2.05) is 0 Å². The van der Waals surface area contributed by atoms with Crippen LogP contribution in [0.4, 0.5) is 13.2 Å². The Morgan fingerprint density at radius 2 is 2.05 bits per heavy atom. The van der Waals surface area contributed by atoms with Gasteiger partial charge in [0.25, 0.3) is 0 Å². The van der Waals surface area contributed by atoms with Crippen LogP contribution in [0.5, 0.6) is 5.75 Å². The Balaban J connectivity index is 2.69. The third-order valence-corrected chi connectivity index (χ3v) is 3.24. The van der Waals surface area contributed by atoms with Gasteiger partial charge in [0.15, 0.2) is 0 Å². The lowest BCUT2D eigenvalue weighted by Gasteiger charge is -2.07. The summed E-state index contributed by atoms with van der Waals surface area (Å²) < 4.78 is 45.4. The first-order valence-electron chi connectivity index (χ1n) is 5.36. The molecule has 20 heavy (non-hydrogen) atoms. The SMILES string of the molecule is COc1cc(-n2nc(C)n(C(F)F)c2=O)c(F)cc1Br. The van der Waals surface area contributed by atoms with Gasteiger partial charge in [-0.25, -0.2) is 13.8 Å². The summed E-state index contributed by atoms with van der Waals surface area (Å²) in [6.07, 6.45) is 0. The van der Waals surface area contributed by atoms with Crippen LogP contribution < -0.4 is 10.4 Å². The number of aryl methyl sites for hydroxylation is 1. The van der Waals surface area contributed by atoms with Crippen LogP contribution in [-0.2, 0) is 0 Å². The lowest BCUT2D eigenvalue weighted by atomic mass is 10.3. The van der Waals surface area contributed by atoms with Crippen molar-refractivity contribution in [2.75, 3.05) is 7.11 Å². The summed E-state index contributed by atoms with van der Waals surface area (Å²) in [6.45, 7) is -1.81. The van der Waals surface area contributed by atoms with Crippen LogP contribution in [0, 0.1) is 12.7 Å². The van der Waals surface area contributed by atoms with Gasteiger partial charge in [0, 0.05) is 6.07 Å². The molecule has 0 aliphatic heterocycles. The van der Waals surface area contributed by atoms with Gasteiger partial charge >= 0.3 is 12.2 Å². The zero-order valence-electron chi connectivity index (χ0n) is 10.4. The Morgan fingerprint density at radius 3 is 2.55 bits per heavy atom.